The number of likely N-dealkylation sites (tertiary alicyclic amines) is 1. The molecule has 4 heterocycles. The van der Waals surface area contributed by atoms with Crippen LogP contribution in [-0.2, 0) is 17.8 Å². The van der Waals surface area contributed by atoms with Crippen molar-refractivity contribution in [2.24, 2.45) is 0 Å². The van der Waals surface area contributed by atoms with Gasteiger partial charge in [0.2, 0.25) is 5.91 Å². The Hall–Kier alpha value is -2.96. The van der Waals surface area contributed by atoms with Gasteiger partial charge in [0.05, 0.1) is 17.9 Å². The Bertz CT molecular complexity index is 900. The molecule has 0 radical (unpaired) electrons. The van der Waals surface area contributed by atoms with Gasteiger partial charge < -0.3 is 9.47 Å². The summed E-state index contributed by atoms with van der Waals surface area (Å²) in [7, 11) is 0. The predicted octanol–water partition coefficient (Wildman–Crippen LogP) is 2.98. The average Bonchev–Trinajstić information content (AvgIpc) is 3.38. The molecule has 0 saturated carbocycles. The summed E-state index contributed by atoms with van der Waals surface area (Å²) < 4.78 is 1.95. The van der Waals surface area contributed by atoms with Crippen molar-refractivity contribution in [3.8, 4) is 11.1 Å². The Morgan fingerprint density at radius 3 is 2.93 bits per heavy atom. The van der Waals surface area contributed by atoms with E-state index in [-0.39, 0.29) is 11.9 Å². The number of aromatic amines is 1. The zero-order valence-electron chi connectivity index (χ0n) is 15.5. The second-order valence-electron chi connectivity index (χ2n) is 6.86. The van der Waals surface area contributed by atoms with Crippen molar-refractivity contribution in [3.05, 3.63) is 54.6 Å². The number of amides is 1. The van der Waals surface area contributed by atoms with Crippen molar-refractivity contribution >= 4 is 5.91 Å². The van der Waals surface area contributed by atoms with Gasteiger partial charge in [-0.1, -0.05) is 6.92 Å². The summed E-state index contributed by atoms with van der Waals surface area (Å²) in [4.78, 5) is 23.5. The molecule has 1 atom stereocenters. The lowest BCUT2D eigenvalue weighted by atomic mass is 9.95. The topological polar surface area (TPSA) is 79.7 Å². The quantitative estimate of drug-likeness (QED) is 0.755. The summed E-state index contributed by atoms with van der Waals surface area (Å²) in [5.74, 6) is 1.07. The third-order valence-electron chi connectivity index (χ3n) is 5.24. The smallest absolute Gasteiger partial charge is 0.243 e. The number of hydrogen-bond donors (Lipinski definition) is 1. The van der Waals surface area contributed by atoms with Gasteiger partial charge in [0, 0.05) is 43.3 Å². The van der Waals surface area contributed by atoms with Gasteiger partial charge in [0.1, 0.15) is 12.4 Å². The highest BCUT2D eigenvalue weighted by atomic mass is 16.2. The van der Waals surface area contributed by atoms with E-state index in [0.29, 0.717) is 6.54 Å². The summed E-state index contributed by atoms with van der Waals surface area (Å²) in [5, 5.41) is 7.43. The first kappa shape index (κ1) is 17.5. The number of hydrogen-bond acceptors (Lipinski definition) is 4. The van der Waals surface area contributed by atoms with E-state index >= 15 is 0 Å². The third-order valence-corrected chi connectivity index (χ3v) is 5.24. The average molecular weight is 364 g/mol. The lowest BCUT2D eigenvalue weighted by molar-refractivity contribution is -0.135. The van der Waals surface area contributed by atoms with E-state index in [1.54, 1.807) is 18.6 Å². The highest BCUT2D eigenvalue weighted by molar-refractivity contribution is 5.77. The number of imidazole rings is 1. The first-order valence-corrected chi connectivity index (χ1v) is 9.51. The first-order valence-electron chi connectivity index (χ1n) is 9.51. The molecule has 1 aliphatic heterocycles. The molecule has 1 amide bonds. The second kappa shape index (κ2) is 7.73. The number of carbonyl (C=O) groups is 1. The monoisotopic (exact) mass is 364 g/mol. The minimum Gasteiger partial charge on any atom is -0.333 e. The van der Waals surface area contributed by atoms with Crippen molar-refractivity contribution in [3.63, 3.8) is 0 Å². The fourth-order valence-corrected chi connectivity index (χ4v) is 3.88. The van der Waals surface area contributed by atoms with Gasteiger partial charge in [-0.05, 0) is 37.0 Å². The second-order valence-corrected chi connectivity index (χ2v) is 6.86. The number of carbonyl (C=O) groups excluding carboxylic acids is 1. The summed E-state index contributed by atoms with van der Waals surface area (Å²) in [6.07, 6.45) is 12.9. The molecular weight excluding hydrogens is 340 g/mol. The molecule has 7 nitrogen and oxygen atoms in total. The maximum Gasteiger partial charge on any atom is 0.243 e. The van der Waals surface area contributed by atoms with E-state index in [1.807, 2.05) is 34.0 Å². The Morgan fingerprint density at radius 1 is 1.26 bits per heavy atom. The summed E-state index contributed by atoms with van der Waals surface area (Å²) in [6.45, 7) is 3.16. The predicted molar refractivity (Wildman–Crippen MR) is 102 cm³/mol. The molecular formula is C20H24N6O. The Labute approximate surface area is 158 Å². The van der Waals surface area contributed by atoms with Crippen molar-refractivity contribution in [2.45, 2.75) is 45.2 Å². The molecule has 140 valence electrons. The van der Waals surface area contributed by atoms with Gasteiger partial charge in [0.15, 0.2) is 0 Å². The molecule has 4 rings (SSSR count). The molecule has 1 fully saturated rings. The van der Waals surface area contributed by atoms with Gasteiger partial charge in [-0.2, -0.15) is 5.10 Å². The lowest BCUT2D eigenvalue weighted by Gasteiger charge is -2.36. The van der Waals surface area contributed by atoms with Crippen LogP contribution in [0, 0.1) is 0 Å². The zero-order chi connectivity index (χ0) is 18.6. The fraction of sp³-hybridized carbons (Fsp3) is 0.400. The Kier molecular flexibility index (Phi) is 5.00. The van der Waals surface area contributed by atoms with E-state index in [2.05, 4.69) is 27.1 Å². The van der Waals surface area contributed by atoms with Gasteiger partial charge >= 0.3 is 0 Å². The number of pyridine rings is 1. The SMILES string of the molecule is CCc1nccn1CC(=O)N1CCCC[C@H]1c1[nH]ncc1-c1ccncc1. The summed E-state index contributed by atoms with van der Waals surface area (Å²) >= 11 is 0. The van der Waals surface area contributed by atoms with E-state index < -0.39 is 0 Å². The van der Waals surface area contributed by atoms with Crippen LogP contribution in [0.3, 0.4) is 0 Å². The van der Waals surface area contributed by atoms with E-state index in [1.165, 1.54) is 0 Å². The van der Waals surface area contributed by atoms with Gasteiger partial charge in [0.25, 0.3) is 0 Å². The van der Waals surface area contributed by atoms with Crippen LogP contribution in [-0.4, -0.2) is 42.1 Å². The lowest BCUT2D eigenvalue weighted by Crippen LogP contribution is -2.40. The molecule has 1 aliphatic rings. The Balaban J connectivity index is 1.60. The summed E-state index contributed by atoms with van der Waals surface area (Å²) in [6, 6.07) is 3.97. The standard InChI is InChI=1S/C20H24N6O/c1-2-18-22-10-12-25(18)14-19(27)26-11-4-3-5-17(26)20-16(13-23-24-20)15-6-8-21-9-7-15/h6-10,12-13,17H,2-5,11,14H2,1H3,(H,23,24)/t17-/m0/s1. The molecule has 1 saturated heterocycles. The van der Waals surface area contributed by atoms with Crippen molar-refractivity contribution in [1.29, 1.82) is 0 Å². The largest absolute Gasteiger partial charge is 0.333 e. The molecule has 0 aromatic carbocycles. The van der Waals surface area contributed by atoms with Crippen LogP contribution >= 0.6 is 0 Å². The number of rotatable bonds is 5. The molecule has 0 aliphatic carbocycles. The van der Waals surface area contributed by atoms with Crippen LogP contribution in [0.15, 0.2) is 43.1 Å². The molecule has 1 N–H and O–H groups in total. The number of aromatic nitrogens is 5. The van der Waals surface area contributed by atoms with E-state index in [0.717, 1.165) is 54.9 Å². The van der Waals surface area contributed by atoms with Crippen LogP contribution in [0.2, 0.25) is 0 Å². The normalized spacial score (nSPS) is 17.2. The number of nitrogens with one attached hydrogen (secondary N) is 1. The van der Waals surface area contributed by atoms with E-state index in [9.17, 15) is 4.79 Å². The highest BCUT2D eigenvalue weighted by Gasteiger charge is 2.31. The highest BCUT2D eigenvalue weighted by Crippen LogP contribution is 2.35. The number of aryl methyl sites for hydroxylation is 1. The van der Waals surface area contributed by atoms with Crippen LogP contribution < -0.4 is 0 Å². The maximum absolute atomic E-state index is 13.1. The molecule has 0 unspecified atom stereocenters. The van der Waals surface area contributed by atoms with Crippen LogP contribution in [0.1, 0.15) is 43.7 Å². The zero-order valence-corrected chi connectivity index (χ0v) is 15.5. The van der Waals surface area contributed by atoms with E-state index in [4.69, 9.17) is 0 Å². The maximum atomic E-state index is 13.1. The third kappa shape index (κ3) is 3.49. The number of piperidine rings is 1. The van der Waals surface area contributed by atoms with Gasteiger partial charge in [-0.3, -0.25) is 14.9 Å². The molecule has 0 spiro atoms. The minimum absolute atomic E-state index is 0.0190. The van der Waals surface area contributed by atoms with Crippen LogP contribution in [0.4, 0.5) is 0 Å². The summed E-state index contributed by atoms with van der Waals surface area (Å²) in [5.41, 5.74) is 3.11. The van der Waals surface area contributed by atoms with Gasteiger partial charge in [-0.25, -0.2) is 4.98 Å². The Morgan fingerprint density at radius 2 is 2.11 bits per heavy atom. The fourth-order valence-electron chi connectivity index (χ4n) is 3.88. The molecule has 7 heteroatoms. The molecule has 3 aromatic rings. The van der Waals surface area contributed by atoms with Crippen molar-refractivity contribution < 1.29 is 4.79 Å². The van der Waals surface area contributed by atoms with Crippen molar-refractivity contribution in [2.75, 3.05) is 6.54 Å². The number of H-pyrrole nitrogens is 1. The van der Waals surface area contributed by atoms with Crippen LogP contribution in [0.25, 0.3) is 11.1 Å². The number of nitrogens with zero attached hydrogens (tertiary/aromatic N) is 5. The molecule has 27 heavy (non-hydrogen) atoms. The van der Waals surface area contributed by atoms with Crippen molar-refractivity contribution in [1.82, 2.24) is 29.6 Å². The molecule has 0 bridgehead atoms. The molecule has 3 aromatic heterocycles. The first-order chi connectivity index (χ1) is 13.3. The van der Waals surface area contributed by atoms with Crippen LogP contribution in [0.5, 0.6) is 0 Å². The minimum atomic E-state index is 0.0190. The van der Waals surface area contributed by atoms with Gasteiger partial charge in [-0.15, -0.1) is 0 Å².